The molecule has 0 saturated carbocycles. The van der Waals surface area contributed by atoms with E-state index in [0.717, 1.165) is 22.6 Å². The Kier molecular flexibility index (Phi) is 5.25. The molecule has 0 amide bonds. The van der Waals surface area contributed by atoms with Gasteiger partial charge >= 0.3 is 0 Å². The maximum absolute atomic E-state index is 8.81. The van der Waals surface area contributed by atoms with Gasteiger partial charge in [0.1, 0.15) is 0 Å². The molecule has 17 heavy (non-hydrogen) atoms. The maximum atomic E-state index is 8.81. The summed E-state index contributed by atoms with van der Waals surface area (Å²) in [6.45, 7) is 4.81. The molecular formula is C13H21NO3. The highest BCUT2D eigenvalue weighted by Crippen LogP contribution is 2.32. The van der Waals surface area contributed by atoms with Gasteiger partial charge in [0.05, 0.1) is 20.8 Å². The second kappa shape index (κ2) is 6.47. The van der Waals surface area contributed by atoms with Crippen molar-refractivity contribution in [1.82, 2.24) is 5.32 Å². The highest BCUT2D eigenvalue weighted by Gasteiger charge is 2.13. The molecule has 0 aliphatic rings. The molecule has 0 aliphatic carbocycles. The van der Waals surface area contributed by atoms with Crippen molar-refractivity contribution >= 4 is 0 Å². The molecule has 4 heteroatoms. The third-order valence-electron chi connectivity index (χ3n) is 2.80. The van der Waals surface area contributed by atoms with Crippen LogP contribution in [0.2, 0.25) is 0 Å². The predicted octanol–water partition coefficient (Wildman–Crippen LogP) is 1.66. The first-order valence-electron chi connectivity index (χ1n) is 5.70. The van der Waals surface area contributed by atoms with Crippen LogP contribution in [0, 0.1) is 6.92 Å². The SMILES string of the molecule is COc1cc(C)c(C(C)NCCO)cc1OC. The molecule has 1 rings (SSSR count). The van der Waals surface area contributed by atoms with Gasteiger partial charge in [0.25, 0.3) is 0 Å². The van der Waals surface area contributed by atoms with E-state index >= 15 is 0 Å². The number of benzene rings is 1. The summed E-state index contributed by atoms with van der Waals surface area (Å²) in [5, 5.41) is 12.0. The largest absolute Gasteiger partial charge is 0.493 e. The number of hydrogen-bond donors (Lipinski definition) is 2. The van der Waals surface area contributed by atoms with E-state index in [1.54, 1.807) is 14.2 Å². The van der Waals surface area contributed by atoms with Crippen molar-refractivity contribution in [3.05, 3.63) is 23.3 Å². The average molecular weight is 239 g/mol. The fourth-order valence-corrected chi connectivity index (χ4v) is 1.85. The van der Waals surface area contributed by atoms with Crippen LogP contribution in [0.3, 0.4) is 0 Å². The van der Waals surface area contributed by atoms with E-state index in [9.17, 15) is 0 Å². The molecule has 2 N–H and O–H groups in total. The lowest BCUT2D eigenvalue weighted by Gasteiger charge is -2.18. The standard InChI is InChI=1S/C13H21NO3/c1-9-7-12(16-3)13(17-4)8-11(9)10(2)14-5-6-15/h7-8,10,14-15H,5-6H2,1-4H3. The third kappa shape index (κ3) is 3.35. The van der Waals surface area contributed by atoms with Gasteiger partial charge in [-0.2, -0.15) is 0 Å². The molecule has 0 spiro atoms. The van der Waals surface area contributed by atoms with Crippen molar-refractivity contribution in [3.63, 3.8) is 0 Å². The number of rotatable bonds is 6. The quantitative estimate of drug-likeness (QED) is 0.792. The Balaban J connectivity index is 2.99. The van der Waals surface area contributed by atoms with Gasteiger partial charge in [0.15, 0.2) is 11.5 Å². The maximum Gasteiger partial charge on any atom is 0.161 e. The fraction of sp³-hybridized carbons (Fsp3) is 0.538. The summed E-state index contributed by atoms with van der Waals surface area (Å²) in [4.78, 5) is 0. The Morgan fingerprint density at radius 2 is 1.82 bits per heavy atom. The van der Waals surface area contributed by atoms with Crippen LogP contribution >= 0.6 is 0 Å². The first-order valence-corrected chi connectivity index (χ1v) is 5.70. The number of ether oxygens (including phenoxy) is 2. The Bertz CT molecular complexity index is 366. The zero-order valence-corrected chi connectivity index (χ0v) is 10.9. The highest BCUT2D eigenvalue weighted by molar-refractivity contribution is 5.47. The van der Waals surface area contributed by atoms with E-state index in [1.165, 1.54) is 0 Å². The van der Waals surface area contributed by atoms with Crippen LogP contribution in [-0.2, 0) is 0 Å². The van der Waals surface area contributed by atoms with Gasteiger partial charge in [0.2, 0.25) is 0 Å². The minimum atomic E-state index is 0.136. The molecule has 0 saturated heterocycles. The van der Waals surface area contributed by atoms with Gasteiger partial charge in [-0.3, -0.25) is 0 Å². The Morgan fingerprint density at radius 3 is 2.35 bits per heavy atom. The first-order chi connectivity index (χ1) is 8.13. The van der Waals surface area contributed by atoms with Crippen LogP contribution in [0.15, 0.2) is 12.1 Å². The van der Waals surface area contributed by atoms with Gasteiger partial charge in [0, 0.05) is 12.6 Å². The summed E-state index contributed by atoms with van der Waals surface area (Å²) in [6.07, 6.45) is 0. The number of aliphatic hydroxyl groups excluding tert-OH is 1. The van der Waals surface area contributed by atoms with Gasteiger partial charge < -0.3 is 19.9 Å². The van der Waals surface area contributed by atoms with Crippen LogP contribution in [0.25, 0.3) is 0 Å². The molecule has 0 aromatic heterocycles. The number of methoxy groups -OCH3 is 2. The van der Waals surface area contributed by atoms with Gasteiger partial charge in [-0.25, -0.2) is 0 Å². The second-order valence-corrected chi connectivity index (χ2v) is 3.96. The van der Waals surface area contributed by atoms with Crippen molar-refractivity contribution in [2.45, 2.75) is 19.9 Å². The Morgan fingerprint density at radius 1 is 1.24 bits per heavy atom. The minimum Gasteiger partial charge on any atom is -0.493 e. The summed E-state index contributed by atoms with van der Waals surface area (Å²) in [5.41, 5.74) is 2.29. The minimum absolute atomic E-state index is 0.136. The molecule has 1 atom stereocenters. The lowest BCUT2D eigenvalue weighted by atomic mass is 10.0. The van der Waals surface area contributed by atoms with E-state index in [-0.39, 0.29) is 12.6 Å². The first kappa shape index (κ1) is 13.8. The number of hydrogen-bond acceptors (Lipinski definition) is 4. The smallest absolute Gasteiger partial charge is 0.161 e. The molecule has 0 bridgehead atoms. The van der Waals surface area contributed by atoms with Gasteiger partial charge in [-0.05, 0) is 37.1 Å². The van der Waals surface area contributed by atoms with Crippen molar-refractivity contribution in [2.75, 3.05) is 27.4 Å². The highest BCUT2D eigenvalue weighted by atomic mass is 16.5. The molecular weight excluding hydrogens is 218 g/mol. The molecule has 96 valence electrons. The zero-order valence-electron chi connectivity index (χ0n) is 10.9. The van der Waals surface area contributed by atoms with Crippen LogP contribution < -0.4 is 14.8 Å². The average Bonchev–Trinajstić information content (AvgIpc) is 2.35. The normalized spacial score (nSPS) is 12.3. The predicted molar refractivity (Wildman–Crippen MR) is 67.8 cm³/mol. The molecule has 1 unspecified atom stereocenters. The van der Waals surface area contributed by atoms with E-state index in [1.807, 2.05) is 19.1 Å². The third-order valence-corrected chi connectivity index (χ3v) is 2.80. The van der Waals surface area contributed by atoms with Crippen LogP contribution in [0.1, 0.15) is 24.1 Å². The van der Waals surface area contributed by atoms with E-state index in [0.29, 0.717) is 6.54 Å². The molecule has 4 nitrogen and oxygen atoms in total. The summed E-state index contributed by atoms with van der Waals surface area (Å²) in [6, 6.07) is 4.11. The number of nitrogens with one attached hydrogen (secondary N) is 1. The summed E-state index contributed by atoms with van der Waals surface area (Å²) in [7, 11) is 3.26. The monoisotopic (exact) mass is 239 g/mol. The van der Waals surface area contributed by atoms with Crippen molar-refractivity contribution in [3.8, 4) is 11.5 Å². The van der Waals surface area contributed by atoms with Gasteiger partial charge in [-0.1, -0.05) is 0 Å². The summed E-state index contributed by atoms with van der Waals surface area (Å²) < 4.78 is 10.5. The Labute approximate surface area is 103 Å². The molecule has 0 radical (unpaired) electrons. The van der Waals surface area contributed by atoms with E-state index < -0.39 is 0 Å². The van der Waals surface area contributed by atoms with Crippen LogP contribution in [0.5, 0.6) is 11.5 Å². The van der Waals surface area contributed by atoms with Gasteiger partial charge in [-0.15, -0.1) is 0 Å². The molecule has 1 aromatic carbocycles. The lowest BCUT2D eigenvalue weighted by Crippen LogP contribution is -2.22. The number of aryl methyl sites for hydroxylation is 1. The summed E-state index contributed by atoms with van der Waals surface area (Å²) >= 11 is 0. The second-order valence-electron chi connectivity index (χ2n) is 3.96. The molecule has 0 fully saturated rings. The molecule has 0 aliphatic heterocycles. The van der Waals surface area contributed by atoms with Crippen LogP contribution in [0.4, 0.5) is 0 Å². The fourth-order valence-electron chi connectivity index (χ4n) is 1.85. The van der Waals surface area contributed by atoms with E-state index in [4.69, 9.17) is 14.6 Å². The molecule has 1 aromatic rings. The number of aliphatic hydroxyl groups is 1. The molecule has 0 heterocycles. The topological polar surface area (TPSA) is 50.7 Å². The van der Waals surface area contributed by atoms with Crippen molar-refractivity contribution in [1.29, 1.82) is 0 Å². The van der Waals surface area contributed by atoms with Crippen LogP contribution in [-0.4, -0.2) is 32.5 Å². The van der Waals surface area contributed by atoms with Crippen molar-refractivity contribution in [2.24, 2.45) is 0 Å². The lowest BCUT2D eigenvalue weighted by molar-refractivity contribution is 0.286. The Hall–Kier alpha value is -1.26. The summed E-state index contributed by atoms with van der Waals surface area (Å²) in [5.74, 6) is 1.47. The van der Waals surface area contributed by atoms with Crippen molar-refractivity contribution < 1.29 is 14.6 Å². The zero-order chi connectivity index (χ0) is 12.8. The van der Waals surface area contributed by atoms with E-state index in [2.05, 4.69) is 12.2 Å².